The Morgan fingerprint density at radius 2 is 1.40 bits per heavy atom. The van der Waals surface area contributed by atoms with Crippen LogP contribution >= 0.6 is 0 Å². The summed E-state index contributed by atoms with van der Waals surface area (Å²) in [6, 6.07) is 5.78. The summed E-state index contributed by atoms with van der Waals surface area (Å²) in [5, 5.41) is 0. The minimum Gasteiger partial charge on any atom is -0.166 e. The van der Waals surface area contributed by atoms with E-state index in [2.05, 4.69) is 18.8 Å². The number of unbranched alkanes of at least 4 members (excludes halogenated alkanes) is 4. The molecular weight excluding hydrogens is 402 g/mol. The topological polar surface area (TPSA) is 0 Å². The van der Waals surface area contributed by atoms with Gasteiger partial charge in [-0.2, -0.15) is 26.3 Å². The zero-order valence-electron chi connectivity index (χ0n) is 17.2. The number of alkyl halides is 6. The summed E-state index contributed by atoms with van der Waals surface area (Å²) < 4.78 is 80.2. The molecule has 0 aliphatic rings. The van der Waals surface area contributed by atoms with Crippen LogP contribution in [0.15, 0.2) is 30.3 Å². The zero-order valence-corrected chi connectivity index (χ0v) is 17.2. The molecule has 2 aromatic rings. The highest BCUT2D eigenvalue weighted by molar-refractivity contribution is 5.74. The highest BCUT2D eigenvalue weighted by Crippen LogP contribution is 2.39. The van der Waals surface area contributed by atoms with Gasteiger partial charge in [-0.3, -0.25) is 0 Å². The quantitative estimate of drug-likeness (QED) is 0.256. The molecule has 162 valence electrons. The maximum Gasteiger partial charge on any atom is 0.416 e. The van der Waals surface area contributed by atoms with Gasteiger partial charge in [-0.25, -0.2) is 0 Å². The molecule has 0 spiro atoms. The minimum atomic E-state index is -4.61. The first-order chi connectivity index (χ1) is 13.9. The van der Waals surface area contributed by atoms with Crippen molar-refractivity contribution in [2.75, 3.05) is 0 Å². The van der Waals surface area contributed by atoms with Crippen LogP contribution in [0, 0.1) is 25.7 Å². The molecule has 0 nitrogen and oxygen atoms in total. The fourth-order valence-electron chi connectivity index (χ4n) is 3.25. The van der Waals surface area contributed by atoms with Crippen molar-refractivity contribution in [3.8, 4) is 23.0 Å². The number of aryl methyl sites for hydroxylation is 2. The molecule has 0 heterocycles. The van der Waals surface area contributed by atoms with Gasteiger partial charge in [-0.1, -0.05) is 50.2 Å². The summed E-state index contributed by atoms with van der Waals surface area (Å²) in [4.78, 5) is 0. The van der Waals surface area contributed by atoms with Crippen LogP contribution in [-0.4, -0.2) is 0 Å². The van der Waals surface area contributed by atoms with Crippen LogP contribution in [0.4, 0.5) is 26.3 Å². The first-order valence-corrected chi connectivity index (χ1v) is 9.84. The predicted octanol–water partition coefficient (Wildman–Crippen LogP) is 8.33. The molecule has 30 heavy (non-hydrogen) atoms. The van der Waals surface area contributed by atoms with Crippen molar-refractivity contribution in [3.05, 3.63) is 58.1 Å². The van der Waals surface area contributed by atoms with Crippen LogP contribution in [0.5, 0.6) is 0 Å². The Bertz CT molecular complexity index is 939. The van der Waals surface area contributed by atoms with E-state index in [0.717, 1.165) is 37.8 Å². The summed E-state index contributed by atoms with van der Waals surface area (Å²) in [5.74, 6) is 5.84. The summed E-state index contributed by atoms with van der Waals surface area (Å²) >= 11 is 0. The lowest BCUT2D eigenvalue weighted by molar-refractivity contribution is -0.139. The van der Waals surface area contributed by atoms with E-state index >= 15 is 0 Å². The largest absolute Gasteiger partial charge is 0.416 e. The normalized spacial score (nSPS) is 11.9. The molecular formula is C24H24F6. The highest BCUT2D eigenvalue weighted by Gasteiger charge is 2.35. The van der Waals surface area contributed by atoms with Crippen molar-refractivity contribution in [2.45, 2.75) is 65.2 Å². The third kappa shape index (κ3) is 6.04. The maximum atomic E-state index is 13.4. The Kier molecular flexibility index (Phi) is 7.63. The predicted molar refractivity (Wildman–Crippen MR) is 107 cm³/mol. The lowest BCUT2D eigenvalue weighted by Crippen LogP contribution is -2.09. The molecule has 0 fully saturated rings. The van der Waals surface area contributed by atoms with E-state index in [1.807, 2.05) is 0 Å². The van der Waals surface area contributed by atoms with E-state index in [9.17, 15) is 26.3 Å². The van der Waals surface area contributed by atoms with Gasteiger partial charge in [0.2, 0.25) is 0 Å². The number of rotatable bonds is 5. The molecule has 0 saturated heterocycles. The minimum absolute atomic E-state index is 0.00955. The Balaban J connectivity index is 2.57. The molecule has 2 rings (SSSR count). The molecule has 0 N–H and O–H groups in total. The second-order valence-corrected chi connectivity index (χ2v) is 7.35. The summed E-state index contributed by atoms with van der Waals surface area (Å²) in [7, 11) is 0. The van der Waals surface area contributed by atoms with Gasteiger partial charge in [0.25, 0.3) is 0 Å². The molecule has 2 aromatic carbocycles. The van der Waals surface area contributed by atoms with Crippen molar-refractivity contribution in [3.63, 3.8) is 0 Å². The number of hydrogen-bond acceptors (Lipinski definition) is 0. The number of hydrogen-bond donors (Lipinski definition) is 0. The highest BCUT2D eigenvalue weighted by atomic mass is 19.4. The third-order valence-corrected chi connectivity index (χ3v) is 4.90. The van der Waals surface area contributed by atoms with E-state index in [4.69, 9.17) is 0 Å². The van der Waals surface area contributed by atoms with Gasteiger partial charge in [0.05, 0.1) is 11.1 Å². The molecule has 0 atom stereocenters. The average Bonchev–Trinajstić information content (AvgIpc) is 2.63. The third-order valence-electron chi connectivity index (χ3n) is 4.90. The summed E-state index contributed by atoms with van der Waals surface area (Å²) in [6.07, 6.45) is -4.58. The van der Waals surface area contributed by atoms with Crippen LogP contribution in [-0.2, 0) is 12.4 Å². The van der Waals surface area contributed by atoms with Crippen LogP contribution in [0.3, 0.4) is 0 Å². The average molecular weight is 426 g/mol. The van der Waals surface area contributed by atoms with E-state index in [0.29, 0.717) is 12.0 Å². The lowest BCUT2D eigenvalue weighted by atomic mass is 9.92. The second kappa shape index (κ2) is 9.59. The number of benzene rings is 2. The van der Waals surface area contributed by atoms with Gasteiger partial charge in [-0.05, 0) is 60.7 Å². The van der Waals surface area contributed by atoms with E-state index in [1.165, 1.54) is 32.0 Å². The first-order valence-electron chi connectivity index (χ1n) is 9.84. The van der Waals surface area contributed by atoms with Gasteiger partial charge in [0.15, 0.2) is 0 Å². The summed E-state index contributed by atoms with van der Waals surface area (Å²) in [5.41, 5.74) is -1.32. The molecule has 0 unspecified atom stereocenters. The van der Waals surface area contributed by atoms with Crippen LogP contribution in [0.2, 0.25) is 0 Å². The zero-order chi connectivity index (χ0) is 22.5. The van der Waals surface area contributed by atoms with Gasteiger partial charge < -0.3 is 0 Å². The molecule has 0 aliphatic carbocycles. The van der Waals surface area contributed by atoms with Crippen LogP contribution in [0.25, 0.3) is 11.1 Å². The van der Waals surface area contributed by atoms with Gasteiger partial charge >= 0.3 is 12.4 Å². The lowest BCUT2D eigenvalue weighted by Gasteiger charge is -2.16. The van der Waals surface area contributed by atoms with Crippen molar-refractivity contribution in [1.82, 2.24) is 0 Å². The fourth-order valence-corrected chi connectivity index (χ4v) is 3.25. The molecule has 0 bridgehead atoms. The van der Waals surface area contributed by atoms with Gasteiger partial charge in [0, 0.05) is 12.0 Å². The standard InChI is InChI=1S/C24H24F6/c1-4-5-6-7-8-9-10-18-13-17(3)22(24(28,29)30)15-20(18)19-12-11-16(2)21(14-19)23(25,26)27/h11-15H,4-8H2,1-3H3. The fraction of sp³-hybridized carbons (Fsp3) is 0.417. The summed E-state index contributed by atoms with van der Waals surface area (Å²) in [6.45, 7) is 4.73. The van der Waals surface area contributed by atoms with E-state index in [1.54, 1.807) is 0 Å². The maximum absolute atomic E-state index is 13.4. The van der Waals surface area contributed by atoms with Crippen molar-refractivity contribution >= 4 is 0 Å². The Labute approximate surface area is 173 Å². The molecule has 0 aliphatic heterocycles. The van der Waals surface area contributed by atoms with Crippen LogP contribution < -0.4 is 0 Å². The molecule has 0 aromatic heterocycles. The van der Waals surface area contributed by atoms with Crippen molar-refractivity contribution in [1.29, 1.82) is 0 Å². The second-order valence-electron chi connectivity index (χ2n) is 7.35. The van der Waals surface area contributed by atoms with E-state index < -0.39 is 23.5 Å². The molecule has 0 radical (unpaired) electrons. The monoisotopic (exact) mass is 426 g/mol. The van der Waals surface area contributed by atoms with Crippen molar-refractivity contribution < 1.29 is 26.3 Å². The Morgan fingerprint density at radius 1 is 0.767 bits per heavy atom. The SMILES string of the molecule is CCCCCCC#Cc1cc(C)c(C(F)(F)F)cc1-c1ccc(C)c(C(F)(F)F)c1. The van der Waals surface area contributed by atoms with Gasteiger partial charge in [-0.15, -0.1) is 0 Å². The van der Waals surface area contributed by atoms with Gasteiger partial charge in [0.1, 0.15) is 0 Å². The smallest absolute Gasteiger partial charge is 0.166 e. The number of halogens is 6. The first kappa shape index (κ1) is 23.9. The Hall–Kier alpha value is -2.42. The van der Waals surface area contributed by atoms with Crippen LogP contribution in [0.1, 0.15) is 66.8 Å². The van der Waals surface area contributed by atoms with Crippen molar-refractivity contribution in [2.24, 2.45) is 0 Å². The molecule has 6 heteroatoms. The molecule has 0 saturated carbocycles. The van der Waals surface area contributed by atoms with E-state index in [-0.39, 0.29) is 22.3 Å². The molecule has 0 amide bonds. The Morgan fingerprint density at radius 3 is 2.00 bits per heavy atom.